The van der Waals surface area contributed by atoms with Gasteiger partial charge in [0.1, 0.15) is 5.82 Å². The Morgan fingerprint density at radius 1 is 1.10 bits per heavy atom. The predicted molar refractivity (Wildman–Crippen MR) is 116 cm³/mol. The van der Waals surface area contributed by atoms with Gasteiger partial charge < -0.3 is 20.9 Å². The number of piperidine rings is 1. The predicted octanol–water partition coefficient (Wildman–Crippen LogP) is 3.28. The van der Waals surface area contributed by atoms with Gasteiger partial charge in [0, 0.05) is 48.9 Å². The van der Waals surface area contributed by atoms with E-state index in [2.05, 4.69) is 16.0 Å². The first-order valence-corrected chi connectivity index (χ1v) is 10.4. The highest BCUT2D eigenvalue weighted by Gasteiger charge is 2.24. The molecular weight excluding hydrogens is 399 g/mol. The lowest BCUT2D eigenvalue weighted by Crippen LogP contribution is -2.50. The van der Waals surface area contributed by atoms with E-state index in [0.29, 0.717) is 36.3 Å². The van der Waals surface area contributed by atoms with E-state index in [-0.39, 0.29) is 36.2 Å². The second-order valence-electron chi connectivity index (χ2n) is 7.49. The smallest absolute Gasteiger partial charge is 0.321 e. The molecule has 3 N–H and O–H groups in total. The Labute approximate surface area is 181 Å². The van der Waals surface area contributed by atoms with Crippen molar-refractivity contribution in [3.63, 3.8) is 0 Å². The quantitative estimate of drug-likeness (QED) is 0.662. The SMILES string of the molecule is CCC(=O)NC1CCCN(C(=O)Nc2ccc(C(=O)NCc3ccccc3F)cc2)C1. The Bertz CT molecular complexity index is 933. The molecule has 7 nitrogen and oxygen atoms in total. The maximum absolute atomic E-state index is 13.7. The van der Waals surface area contributed by atoms with Gasteiger partial charge in [0.15, 0.2) is 0 Å². The summed E-state index contributed by atoms with van der Waals surface area (Å²) in [6.07, 6.45) is 2.10. The monoisotopic (exact) mass is 426 g/mol. The van der Waals surface area contributed by atoms with Gasteiger partial charge in [-0.3, -0.25) is 9.59 Å². The minimum absolute atomic E-state index is 0.0175. The fraction of sp³-hybridized carbons (Fsp3) is 0.348. The molecule has 4 amide bonds. The number of likely N-dealkylation sites (tertiary alicyclic amines) is 1. The van der Waals surface area contributed by atoms with Crippen molar-refractivity contribution in [1.82, 2.24) is 15.5 Å². The van der Waals surface area contributed by atoms with Gasteiger partial charge in [0.05, 0.1) is 0 Å². The van der Waals surface area contributed by atoms with E-state index in [1.54, 1.807) is 54.3 Å². The zero-order valence-electron chi connectivity index (χ0n) is 17.5. The van der Waals surface area contributed by atoms with Crippen LogP contribution in [0.1, 0.15) is 42.1 Å². The minimum atomic E-state index is -0.366. The van der Waals surface area contributed by atoms with Gasteiger partial charge in [0.25, 0.3) is 5.91 Å². The van der Waals surface area contributed by atoms with Gasteiger partial charge >= 0.3 is 6.03 Å². The van der Waals surface area contributed by atoms with E-state index in [0.717, 1.165) is 12.8 Å². The number of rotatable bonds is 6. The molecule has 0 spiro atoms. The van der Waals surface area contributed by atoms with Crippen molar-refractivity contribution >= 4 is 23.5 Å². The number of halogens is 1. The molecule has 0 bridgehead atoms. The number of carbonyl (C=O) groups excluding carboxylic acids is 3. The summed E-state index contributed by atoms with van der Waals surface area (Å²) in [7, 11) is 0. The molecule has 0 saturated carbocycles. The molecule has 2 aromatic rings. The topological polar surface area (TPSA) is 90.5 Å². The van der Waals surface area contributed by atoms with Crippen LogP contribution < -0.4 is 16.0 Å². The summed E-state index contributed by atoms with van der Waals surface area (Å²) < 4.78 is 13.7. The van der Waals surface area contributed by atoms with Crippen molar-refractivity contribution in [1.29, 1.82) is 0 Å². The molecule has 1 aliphatic rings. The van der Waals surface area contributed by atoms with Crippen molar-refractivity contribution in [3.8, 4) is 0 Å². The van der Waals surface area contributed by atoms with Crippen LogP contribution in [0, 0.1) is 5.82 Å². The number of carbonyl (C=O) groups is 3. The van der Waals surface area contributed by atoms with Crippen molar-refractivity contribution in [2.24, 2.45) is 0 Å². The summed E-state index contributed by atoms with van der Waals surface area (Å²) in [6, 6.07) is 12.5. The zero-order chi connectivity index (χ0) is 22.2. The van der Waals surface area contributed by atoms with Crippen LogP contribution in [0.2, 0.25) is 0 Å². The lowest BCUT2D eigenvalue weighted by molar-refractivity contribution is -0.121. The fourth-order valence-electron chi connectivity index (χ4n) is 3.44. The first-order valence-electron chi connectivity index (χ1n) is 10.4. The van der Waals surface area contributed by atoms with E-state index in [9.17, 15) is 18.8 Å². The van der Waals surface area contributed by atoms with Crippen LogP contribution in [0.5, 0.6) is 0 Å². The molecule has 164 valence electrons. The number of nitrogens with one attached hydrogen (secondary N) is 3. The molecule has 1 unspecified atom stereocenters. The van der Waals surface area contributed by atoms with Crippen LogP contribution in [0.4, 0.5) is 14.9 Å². The molecular formula is C23H27FN4O3. The third kappa shape index (κ3) is 6.28. The highest BCUT2D eigenvalue weighted by molar-refractivity contribution is 5.95. The number of amides is 4. The largest absolute Gasteiger partial charge is 0.352 e. The first-order chi connectivity index (χ1) is 15.0. The maximum Gasteiger partial charge on any atom is 0.321 e. The van der Waals surface area contributed by atoms with E-state index < -0.39 is 0 Å². The van der Waals surface area contributed by atoms with Gasteiger partial charge in [-0.15, -0.1) is 0 Å². The van der Waals surface area contributed by atoms with Gasteiger partial charge in [-0.05, 0) is 43.2 Å². The molecule has 0 aromatic heterocycles. The molecule has 1 aliphatic heterocycles. The van der Waals surface area contributed by atoms with Gasteiger partial charge in [-0.1, -0.05) is 25.1 Å². The maximum atomic E-state index is 13.7. The minimum Gasteiger partial charge on any atom is -0.352 e. The average molecular weight is 426 g/mol. The second kappa shape index (κ2) is 10.6. The van der Waals surface area contributed by atoms with Crippen LogP contribution in [0.25, 0.3) is 0 Å². The Balaban J connectivity index is 1.51. The normalized spacial score (nSPS) is 15.8. The molecule has 1 saturated heterocycles. The van der Waals surface area contributed by atoms with Crippen molar-refractivity contribution < 1.29 is 18.8 Å². The highest BCUT2D eigenvalue weighted by atomic mass is 19.1. The van der Waals surface area contributed by atoms with Crippen LogP contribution in [0.15, 0.2) is 48.5 Å². The third-order valence-electron chi connectivity index (χ3n) is 5.19. The van der Waals surface area contributed by atoms with Crippen molar-refractivity contribution in [3.05, 3.63) is 65.5 Å². The molecule has 3 rings (SSSR count). The Morgan fingerprint density at radius 3 is 2.55 bits per heavy atom. The fourth-order valence-corrected chi connectivity index (χ4v) is 3.44. The molecule has 0 radical (unpaired) electrons. The van der Waals surface area contributed by atoms with E-state index in [4.69, 9.17) is 0 Å². The summed E-state index contributed by atoms with van der Waals surface area (Å²) in [5.41, 5.74) is 1.39. The molecule has 2 aromatic carbocycles. The average Bonchev–Trinajstić information content (AvgIpc) is 2.79. The number of urea groups is 1. The Hall–Kier alpha value is -3.42. The summed E-state index contributed by atoms with van der Waals surface area (Å²) >= 11 is 0. The molecule has 8 heteroatoms. The molecule has 31 heavy (non-hydrogen) atoms. The second-order valence-corrected chi connectivity index (χ2v) is 7.49. The summed E-state index contributed by atoms with van der Waals surface area (Å²) in [5.74, 6) is -0.710. The van der Waals surface area contributed by atoms with E-state index in [1.165, 1.54) is 6.07 Å². The lowest BCUT2D eigenvalue weighted by atomic mass is 10.1. The number of hydrogen-bond donors (Lipinski definition) is 3. The van der Waals surface area contributed by atoms with Crippen LogP contribution in [-0.4, -0.2) is 41.9 Å². The number of benzene rings is 2. The van der Waals surface area contributed by atoms with Gasteiger partial charge in [-0.2, -0.15) is 0 Å². The number of nitrogens with zero attached hydrogens (tertiary/aromatic N) is 1. The lowest BCUT2D eigenvalue weighted by Gasteiger charge is -2.33. The molecule has 1 fully saturated rings. The van der Waals surface area contributed by atoms with Crippen LogP contribution in [-0.2, 0) is 11.3 Å². The summed E-state index contributed by atoms with van der Waals surface area (Å²) in [6.45, 7) is 2.98. The third-order valence-corrected chi connectivity index (χ3v) is 5.19. The van der Waals surface area contributed by atoms with E-state index >= 15 is 0 Å². The first kappa shape index (κ1) is 22.3. The van der Waals surface area contributed by atoms with Gasteiger partial charge in [0.2, 0.25) is 5.91 Å². The standard InChI is InChI=1S/C23H27FN4O3/c1-2-21(29)26-19-7-5-13-28(15-19)23(31)27-18-11-9-16(10-12-18)22(30)25-14-17-6-3-4-8-20(17)24/h3-4,6,8-12,19H,2,5,7,13-15H2,1H3,(H,25,30)(H,26,29)(H,27,31). The molecule has 1 atom stereocenters. The Morgan fingerprint density at radius 2 is 1.84 bits per heavy atom. The van der Waals surface area contributed by atoms with Gasteiger partial charge in [-0.25, -0.2) is 9.18 Å². The molecule has 1 heterocycles. The summed E-state index contributed by atoms with van der Waals surface area (Å²) in [4.78, 5) is 38.1. The Kier molecular flexibility index (Phi) is 7.59. The molecule has 0 aliphatic carbocycles. The highest BCUT2D eigenvalue weighted by Crippen LogP contribution is 2.15. The summed E-state index contributed by atoms with van der Waals surface area (Å²) in [5, 5.41) is 8.44. The van der Waals surface area contributed by atoms with Crippen LogP contribution in [0.3, 0.4) is 0 Å². The van der Waals surface area contributed by atoms with Crippen molar-refractivity contribution in [2.75, 3.05) is 18.4 Å². The van der Waals surface area contributed by atoms with E-state index in [1.807, 2.05) is 0 Å². The van der Waals surface area contributed by atoms with Crippen LogP contribution >= 0.6 is 0 Å². The van der Waals surface area contributed by atoms with Crippen molar-refractivity contribution in [2.45, 2.75) is 38.8 Å². The number of hydrogen-bond acceptors (Lipinski definition) is 3. The zero-order valence-corrected chi connectivity index (χ0v) is 17.5. The number of anilines is 1.